The quantitative estimate of drug-likeness (QED) is 0.865. The first-order chi connectivity index (χ1) is 8.06. The predicted octanol–water partition coefficient (Wildman–Crippen LogP) is 2.24. The summed E-state index contributed by atoms with van der Waals surface area (Å²) in [5.74, 6) is 0.0539. The van der Waals surface area contributed by atoms with Crippen LogP contribution in [0.1, 0.15) is 36.7 Å². The van der Waals surface area contributed by atoms with Crippen molar-refractivity contribution in [2.45, 2.75) is 26.2 Å². The molecule has 0 radical (unpaired) electrons. The Labute approximate surface area is 106 Å². The van der Waals surface area contributed by atoms with Gasteiger partial charge in [0.1, 0.15) is 11.5 Å². The lowest BCUT2D eigenvalue weighted by atomic mass is 10.0. The van der Waals surface area contributed by atoms with Gasteiger partial charge in [-0.25, -0.2) is 4.98 Å². The van der Waals surface area contributed by atoms with E-state index in [2.05, 4.69) is 17.2 Å². The number of nitrogen functional groups attached to an aromatic ring is 1. The van der Waals surface area contributed by atoms with Gasteiger partial charge in [-0.15, -0.1) is 0 Å². The van der Waals surface area contributed by atoms with Crippen molar-refractivity contribution in [1.29, 1.82) is 0 Å². The van der Waals surface area contributed by atoms with Crippen LogP contribution in [0, 0.1) is 5.41 Å². The molecule has 1 aliphatic rings. The minimum absolute atomic E-state index is 0.207. The second-order valence-corrected chi connectivity index (χ2v) is 5.01. The van der Waals surface area contributed by atoms with Gasteiger partial charge in [0.25, 0.3) is 5.91 Å². The van der Waals surface area contributed by atoms with Crippen LogP contribution in [0.3, 0.4) is 0 Å². The van der Waals surface area contributed by atoms with E-state index in [1.54, 1.807) is 12.1 Å². The Balaban J connectivity index is 2.02. The summed E-state index contributed by atoms with van der Waals surface area (Å²) in [4.78, 5) is 15.8. The van der Waals surface area contributed by atoms with Crippen molar-refractivity contribution in [3.05, 3.63) is 22.8 Å². The number of nitrogens with one attached hydrogen (secondary N) is 1. The highest BCUT2D eigenvalue weighted by Crippen LogP contribution is 2.47. The first-order valence-corrected chi connectivity index (χ1v) is 6.14. The predicted molar refractivity (Wildman–Crippen MR) is 68.0 cm³/mol. The Morgan fingerprint density at radius 3 is 2.88 bits per heavy atom. The molecule has 2 rings (SSSR count). The van der Waals surface area contributed by atoms with Crippen molar-refractivity contribution in [1.82, 2.24) is 10.3 Å². The van der Waals surface area contributed by atoms with Crippen LogP contribution in [0.5, 0.6) is 0 Å². The number of hydrogen-bond acceptors (Lipinski definition) is 3. The molecule has 4 nitrogen and oxygen atoms in total. The zero-order chi connectivity index (χ0) is 12.5. The summed E-state index contributed by atoms with van der Waals surface area (Å²) in [6, 6.07) is 3.17. The van der Waals surface area contributed by atoms with Crippen molar-refractivity contribution in [3.63, 3.8) is 0 Å². The maximum atomic E-state index is 11.9. The molecule has 1 aliphatic carbocycles. The van der Waals surface area contributed by atoms with E-state index in [0.717, 1.165) is 6.42 Å². The normalized spacial score (nSPS) is 16.6. The van der Waals surface area contributed by atoms with Crippen LogP contribution >= 0.6 is 11.6 Å². The number of halogens is 1. The molecule has 0 atom stereocenters. The lowest BCUT2D eigenvalue weighted by Gasteiger charge is -2.13. The second-order valence-electron chi connectivity index (χ2n) is 4.60. The third-order valence-electron chi connectivity index (χ3n) is 3.41. The molecule has 0 unspecified atom stereocenters. The first kappa shape index (κ1) is 12.2. The molecule has 0 bridgehead atoms. The third kappa shape index (κ3) is 2.69. The van der Waals surface area contributed by atoms with E-state index in [0.29, 0.717) is 22.8 Å². The van der Waals surface area contributed by atoms with Crippen molar-refractivity contribution in [2.75, 3.05) is 12.3 Å². The van der Waals surface area contributed by atoms with Gasteiger partial charge in [0.05, 0.1) is 5.02 Å². The van der Waals surface area contributed by atoms with Gasteiger partial charge in [0.2, 0.25) is 0 Å². The SMILES string of the molecule is CCC1(CNC(=O)c2nc(N)ccc2Cl)CC1. The van der Waals surface area contributed by atoms with Crippen LogP contribution in [0.2, 0.25) is 5.02 Å². The summed E-state index contributed by atoms with van der Waals surface area (Å²) in [5, 5.41) is 3.21. The summed E-state index contributed by atoms with van der Waals surface area (Å²) in [7, 11) is 0. The maximum Gasteiger partial charge on any atom is 0.271 e. The number of carbonyl (C=O) groups excluding carboxylic acids is 1. The Morgan fingerprint density at radius 2 is 2.29 bits per heavy atom. The van der Waals surface area contributed by atoms with Gasteiger partial charge in [-0.2, -0.15) is 0 Å². The van der Waals surface area contributed by atoms with Gasteiger partial charge in [0, 0.05) is 6.54 Å². The number of nitrogens with two attached hydrogens (primary N) is 1. The zero-order valence-corrected chi connectivity index (χ0v) is 10.5. The second kappa shape index (κ2) is 4.53. The standard InChI is InChI=1S/C12H16ClN3O/c1-2-12(5-6-12)7-15-11(17)10-8(13)3-4-9(14)16-10/h3-4H,2,5-7H2,1H3,(H2,14,16)(H,15,17). The van der Waals surface area contributed by atoms with E-state index < -0.39 is 0 Å². The monoisotopic (exact) mass is 253 g/mol. The summed E-state index contributed by atoms with van der Waals surface area (Å²) in [6.07, 6.45) is 3.45. The summed E-state index contributed by atoms with van der Waals surface area (Å²) < 4.78 is 0. The fourth-order valence-corrected chi connectivity index (χ4v) is 1.99. The minimum atomic E-state index is -0.248. The highest BCUT2D eigenvalue weighted by molar-refractivity contribution is 6.33. The van der Waals surface area contributed by atoms with Crippen LogP contribution in [0.25, 0.3) is 0 Å². The molecule has 92 valence electrons. The number of amides is 1. The van der Waals surface area contributed by atoms with Crippen LogP contribution in [0.4, 0.5) is 5.82 Å². The number of hydrogen-bond donors (Lipinski definition) is 2. The number of nitrogens with zero attached hydrogens (tertiary/aromatic N) is 1. The molecule has 1 heterocycles. The van der Waals surface area contributed by atoms with Crippen molar-refractivity contribution >= 4 is 23.3 Å². The van der Waals surface area contributed by atoms with E-state index in [1.807, 2.05) is 0 Å². The Morgan fingerprint density at radius 1 is 1.59 bits per heavy atom. The Hall–Kier alpha value is -1.29. The number of carbonyl (C=O) groups is 1. The molecule has 5 heteroatoms. The van der Waals surface area contributed by atoms with Gasteiger partial charge in [-0.1, -0.05) is 18.5 Å². The molecule has 1 saturated carbocycles. The molecule has 1 amide bonds. The molecule has 3 N–H and O–H groups in total. The van der Waals surface area contributed by atoms with E-state index in [9.17, 15) is 4.79 Å². The van der Waals surface area contributed by atoms with Crippen LogP contribution < -0.4 is 11.1 Å². The zero-order valence-electron chi connectivity index (χ0n) is 9.79. The van der Waals surface area contributed by atoms with Crippen molar-refractivity contribution in [2.24, 2.45) is 5.41 Å². The third-order valence-corrected chi connectivity index (χ3v) is 3.72. The molecule has 0 spiro atoms. The maximum absolute atomic E-state index is 11.9. The van der Waals surface area contributed by atoms with E-state index in [-0.39, 0.29) is 11.6 Å². The fraction of sp³-hybridized carbons (Fsp3) is 0.500. The lowest BCUT2D eigenvalue weighted by molar-refractivity contribution is 0.0939. The van der Waals surface area contributed by atoms with Crippen LogP contribution in [0.15, 0.2) is 12.1 Å². The van der Waals surface area contributed by atoms with E-state index in [1.165, 1.54) is 12.8 Å². The van der Waals surface area contributed by atoms with Crippen molar-refractivity contribution in [3.8, 4) is 0 Å². The summed E-state index contributed by atoms with van der Waals surface area (Å²) >= 11 is 5.91. The summed E-state index contributed by atoms with van der Waals surface area (Å²) in [6.45, 7) is 2.83. The number of rotatable bonds is 4. The van der Waals surface area contributed by atoms with Crippen molar-refractivity contribution < 1.29 is 4.79 Å². The molecular formula is C12H16ClN3O. The highest BCUT2D eigenvalue weighted by atomic mass is 35.5. The molecule has 1 aromatic rings. The van der Waals surface area contributed by atoms with Crippen LogP contribution in [-0.4, -0.2) is 17.4 Å². The minimum Gasteiger partial charge on any atom is -0.384 e. The number of aromatic nitrogens is 1. The number of pyridine rings is 1. The molecule has 17 heavy (non-hydrogen) atoms. The van der Waals surface area contributed by atoms with Gasteiger partial charge < -0.3 is 11.1 Å². The average molecular weight is 254 g/mol. The molecule has 0 aromatic carbocycles. The van der Waals surface area contributed by atoms with E-state index in [4.69, 9.17) is 17.3 Å². The molecule has 1 aromatic heterocycles. The topological polar surface area (TPSA) is 68.0 Å². The van der Waals surface area contributed by atoms with Gasteiger partial charge in [-0.3, -0.25) is 4.79 Å². The first-order valence-electron chi connectivity index (χ1n) is 5.76. The molecule has 0 saturated heterocycles. The van der Waals surface area contributed by atoms with Gasteiger partial charge >= 0.3 is 0 Å². The smallest absolute Gasteiger partial charge is 0.271 e. The van der Waals surface area contributed by atoms with Gasteiger partial charge in [0.15, 0.2) is 0 Å². The number of anilines is 1. The van der Waals surface area contributed by atoms with E-state index >= 15 is 0 Å². The van der Waals surface area contributed by atoms with Gasteiger partial charge in [-0.05, 0) is 36.8 Å². The largest absolute Gasteiger partial charge is 0.384 e. The fourth-order valence-electron chi connectivity index (χ4n) is 1.80. The lowest BCUT2D eigenvalue weighted by Crippen LogP contribution is -2.30. The molecule has 0 aliphatic heterocycles. The Bertz CT molecular complexity index is 443. The molecule has 1 fully saturated rings. The van der Waals surface area contributed by atoms with Crippen LogP contribution in [-0.2, 0) is 0 Å². The summed E-state index contributed by atoms with van der Waals surface area (Å²) in [5.41, 5.74) is 6.05. The Kier molecular flexibility index (Phi) is 3.24. The highest BCUT2D eigenvalue weighted by Gasteiger charge is 2.40. The average Bonchev–Trinajstić information content (AvgIpc) is 3.10. The molecular weight excluding hydrogens is 238 g/mol.